The van der Waals surface area contributed by atoms with E-state index in [9.17, 15) is 9.59 Å². The number of aromatic amines is 1. The molecule has 1 saturated heterocycles. The van der Waals surface area contributed by atoms with Gasteiger partial charge in [0.15, 0.2) is 5.16 Å². The van der Waals surface area contributed by atoms with Gasteiger partial charge in [-0.3, -0.25) is 14.7 Å². The van der Waals surface area contributed by atoms with Gasteiger partial charge in [-0.05, 0) is 36.2 Å². The third-order valence-electron chi connectivity index (χ3n) is 4.51. The number of nitrogens with zero attached hydrogens (tertiary/aromatic N) is 3. The second kappa shape index (κ2) is 8.26. The van der Waals surface area contributed by atoms with E-state index in [1.165, 1.54) is 18.1 Å². The van der Waals surface area contributed by atoms with E-state index in [0.717, 1.165) is 24.2 Å². The molecular formula is C20H19N5O2S. The number of rotatable bonds is 6. The molecule has 2 heterocycles. The maximum atomic E-state index is 12.9. The fraction of sp³-hybridized carbons (Fsp3) is 0.200. The second-order valence-electron chi connectivity index (χ2n) is 6.39. The number of amides is 2. The molecule has 0 saturated carbocycles. The van der Waals surface area contributed by atoms with Crippen LogP contribution in [0.3, 0.4) is 0 Å². The van der Waals surface area contributed by atoms with Crippen molar-refractivity contribution in [3.8, 4) is 0 Å². The van der Waals surface area contributed by atoms with E-state index in [1.54, 1.807) is 11.0 Å². The first-order valence-corrected chi connectivity index (χ1v) is 9.97. The molecule has 0 unspecified atom stereocenters. The molecule has 1 aliphatic heterocycles. The molecule has 2 N–H and O–H groups in total. The first-order valence-electron chi connectivity index (χ1n) is 8.98. The van der Waals surface area contributed by atoms with Crippen molar-refractivity contribution in [3.63, 3.8) is 0 Å². The molecular weight excluding hydrogens is 374 g/mol. The summed E-state index contributed by atoms with van der Waals surface area (Å²) in [6.45, 7) is 0.720. The van der Waals surface area contributed by atoms with Crippen molar-refractivity contribution >= 4 is 35.0 Å². The van der Waals surface area contributed by atoms with Gasteiger partial charge < -0.3 is 10.2 Å². The van der Waals surface area contributed by atoms with E-state index in [4.69, 9.17) is 0 Å². The minimum absolute atomic E-state index is 0.123. The smallest absolute Gasteiger partial charge is 0.255 e. The van der Waals surface area contributed by atoms with Gasteiger partial charge in [-0.2, -0.15) is 5.10 Å². The molecule has 2 aromatic carbocycles. The van der Waals surface area contributed by atoms with Gasteiger partial charge in [0.25, 0.3) is 5.91 Å². The van der Waals surface area contributed by atoms with Gasteiger partial charge in [0, 0.05) is 35.7 Å². The van der Waals surface area contributed by atoms with Crippen LogP contribution >= 0.6 is 11.8 Å². The van der Waals surface area contributed by atoms with Crippen LogP contribution in [-0.4, -0.2) is 33.5 Å². The largest absolute Gasteiger partial charge is 0.322 e. The van der Waals surface area contributed by atoms with Gasteiger partial charge in [0.05, 0.1) is 0 Å². The quantitative estimate of drug-likeness (QED) is 0.626. The molecule has 1 aliphatic rings. The SMILES string of the molecule is O=C(Nc1cccc(N2CCCC2=O)c1)c1ccccc1CSc1ncn[nH]1. The Hall–Kier alpha value is -3.13. The van der Waals surface area contributed by atoms with Crippen molar-refractivity contribution in [3.05, 3.63) is 66.0 Å². The lowest BCUT2D eigenvalue weighted by Crippen LogP contribution is -2.23. The lowest BCUT2D eigenvalue weighted by atomic mass is 10.1. The zero-order valence-corrected chi connectivity index (χ0v) is 15.9. The second-order valence-corrected chi connectivity index (χ2v) is 7.35. The van der Waals surface area contributed by atoms with Crippen molar-refractivity contribution in [1.29, 1.82) is 0 Å². The summed E-state index contributed by atoms with van der Waals surface area (Å²) in [5.74, 6) is 0.540. The summed E-state index contributed by atoms with van der Waals surface area (Å²) >= 11 is 1.48. The number of hydrogen-bond donors (Lipinski definition) is 2. The highest BCUT2D eigenvalue weighted by Gasteiger charge is 2.22. The summed E-state index contributed by atoms with van der Waals surface area (Å²) < 4.78 is 0. The summed E-state index contributed by atoms with van der Waals surface area (Å²) in [6, 6.07) is 14.9. The minimum Gasteiger partial charge on any atom is -0.322 e. The van der Waals surface area contributed by atoms with E-state index < -0.39 is 0 Å². The Kier molecular flexibility index (Phi) is 5.38. The molecule has 8 heteroatoms. The van der Waals surface area contributed by atoms with Crippen LogP contribution in [-0.2, 0) is 10.5 Å². The molecule has 4 rings (SSSR count). The number of thioether (sulfide) groups is 1. The molecule has 142 valence electrons. The van der Waals surface area contributed by atoms with Crippen LogP contribution in [0.25, 0.3) is 0 Å². The third kappa shape index (κ3) is 4.07. The number of H-pyrrole nitrogens is 1. The lowest BCUT2D eigenvalue weighted by molar-refractivity contribution is -0.117. The normalized spacial score (nSPS) is 13.7. The monoisotopic (exact) mass is 393 g/mol. The van der Waals surface area contributed by atoms with Crippen LogP contribution in [0.15, 0.2) is 60.0 Å². The van der Waals surface area contributed by atoms with Crippen molar-refractivity contribution in [2.24, 2.45) is 0 Å². The van der Waals surface area contributed by atoms with Crippen LogP contribution in [0.4, 0.5) is 11.4 Å². The molecule has 0 bridgehead atoms. The standard InChI is InChI=1S/C20H19N5O2S/c26-18-9-4-10-25(18)16-7-3-6-15(11-16)23-19(27)17-8-2-1-5-14(17)12-28-20-21-13-22-24-20/h1-3,5-8,11,13H,4,9-10,12H2,(H,23,27)(H,21,22,24). The van der Waals surface area contributed by atoms with Gasteiger partial charge in [0.1, 0.15) is 6.33 Å². The van der Waals surface area contributed by atoms with Gasteiger partial charge in [-0.1, -0.05) is 36.0 Å². The maximum absolute atomic E-state index is 12.9. The highest BCUT2D eigenvalue weighted by Crippen LogP contribution is 2.25. The number of carbonyl (C=O) groups is 2. The molecule has 0 atom stereocenters. The summed E-state index contributed by atoms with van der Waals surface area (Å²) in [5.41, 5.74) is 3.00. The highest BCUT2D eigenvalue weighted by molar-refractivity contribution is 7.98. The van der Waals surface area contributed by atoms with Gasteiger partial charge in [-0.15, -0.1) is 0 Å². The third-order valence-corrected chi connectivity index (χ3v) is 5.43. The summed E-state index contributed by atoms with van der Waals surface area (Å²) in [4.78, 5) is 30.7. The maximum Gasteiger partial charge on any atom is 0.255 e. The number of benzene rings is 2. The van der Waals surface area contributed by atoms with Crippen LogP contribution in [0, 0.1) is 0 Å². The van der Waals surface area contributed by atoms with Crippen molar-refractivity contribution in [2.75, 3.05) is 16.8 Å². The minimum atomic E-state index is -0.182. The summed E-state index contributed by atoms with van der Waals surface area (Å²) in [7, 11) is 0. The zero-order chi connectivity index (χ0) is 19.3. The van der Waals surface area contributed by atoms with Crippen molar-refractivity contribution in [2.45, 2.75) is 23.8 Å². The number of hydrogen-bond acceptors (Lipinski definition) is 5. The molecule has 28 heavy (non-hydrogen) atoms. The fourth-order valence-corrected chi connectivity index (χ4v) is 3.93. The van der Waals surface area contributed by atoms with E-state index in [0.29, 0.717) is 28.6 Å². The average molecular weight is 393 g/mol. The van der Waals surface area contributed by atoms with Crippen LogP contribution < -0.4 is 10.2 Å². The zero-order valence-electron chi connectivity index (χ0n) is 15.1. The lowest BCUT2D eigenvalue weighted by Gasteiger charge is -2.17. The van der Waals surface area contributed by atoms with Crippen molar-refractivity contribution < 1.29 is 9.59 Å². The fourth-order valence-electron chi connectivity index (χ4n) is 3.15. The average Bonchev–Trinajstić information content (AvgIpc) is 3.38. The van der Waals surface area contributed by atoms with E-state index >= 15 is 0 Å². The Morgan fingerprint density at radius 3 is 2.89 bits per heavy atom. The Balaban J connectivity index is 1.49. The predicted octanol–water partition coefficient (Wildman–Crippen LogP) is 3.48. The number of aromatic nitrogens is 3. The Morgan fingerprint density at radius 1 is 1.21 bits per heavy atom. The van der Waals surface area contributed by atoms with Crippen LogP contribution in [0.1, 0.15) is 28.8 Å². The Labute approximate surface area is 166 Å². The Morgan fingerprint density at radius 2 is 2.11 bits per heavy atom. The molecule has 0 radical (unpaired) electrons. The molecule has 2 amide bonds. The highest BCUT2D eigenvalue weighted by atomic mass is 32.2. The first-order chi connectivity index (χ1) is 13.7. The molecule has 0 aliphatic carbocycles. The number of anilines is 2. The van der Waals surface area contributed by atoms with Crippen LogP contribution in [0.2, 0.25) is 0 Å². The van der Waals surface area contributed by atoms with Gasteiger partial charge >= 0.3 is 0 Å². The summed E-state index contributed by atoms with van der Waals surface area (Å²) in [5, 5.41) is 10.3. The first kappa shape index (κ1) is 18.2. The predicted molar refractivity (Wildman–Crippen MR) is 108 cm³/mol. The van der Waals surface area contributed by atoms with Gasteiger partial charge in [0.2, 0.25) is 5.91 Å². The molecule has 7 nitrogen and oxygen atoms in total. The Bertz CT molecular complexity index is 990. The van der Waals surface area contributed by atoms with E-state index in [-0.39, 0.29) is 11.8 Å². The summed E-state index contributed by atoms with van der Waals surface area (Å²) in [6.07, 6.45) is 2.90. The van der Waals surface area contributed by atoms with E-state index in [2.05, 4.69) is 20.5 Å². The molecule has 1 fully saturated rings. The van der Waals surface area contributed by atoms with Crippen molar-refractivity contribution in [1.82, 2.24) is 15.2 Å². The molecule has 0 spiro atoms. The van der Waals surface area contributed by atoms with E-state index in [1.807, 2.05) is 42.5 Å². The topological polar surface area (TPSA) is 91.0 Å². The molecule has 3 aromatic rings. The molecule has 1 aromatic heterocycles. The van der Waals surface area contributed by atoms with Gasteiger partial charge in [-0.25, -0.2) is 4.98 Å². The number of nitrogens with one attached hydrogen (secondary N) is 2. The number of carbonyl (C=O) groups excluding carboxylic acids is 2. The van der Waals surface area contributed by atoms with Crippen LogP contribution in [0.5, 0.6) is 0 Å².